The maximum atomic E-state index is 12.4. The summed E-state index contributed by atoms with van der Waals surface area (Å²) < 4.78 is 5.17. The lowest BCUT2D eigenvalue weighted by atomic mass is 10.0. The van der Waals surface area contributed by atoms with Gasteiger partial charge in [-0.2, -0.15) is 0 Å². The van der Waals surface area contributed by atoms with Crippen LogP contribution in [-0.4, -0.2) is 24.2 Å². The number of carbonyl (C=O) groups excluding carboxylic acids is 2. The zero-order valence-corrected chi connectivity index (χ0v) is 14.2. The average molecular weight is 344 g/mol. The van der Waals surface area contributed by atoms with E-state index in [2.05, 4.69) is 10.3 Å². The summed E-state index contributed by atoms with van der Waals surface area (Å²) in [6.45, 7) is 2.02. The van der Waals surface area contributed by atoms with Crippen molar-refractivity contribution in [3.63, 3.8) is 0 Å². The van der Waals surface area contributed by atoms with Gasteiger partial charge in [0.25, 0.3) is 5.91 Å². The van der Waals surface area contributed by atoms with Crippen LogP contribution in [0.3, 0.4) is 0 Å². The lowest BCUT2D eigenvalue weighted by Crippen LogP contribution is -2.14. The molecule has 0 saturated heterocycles. The minimum absolute atomic E-state index is 0.269. The van der Waals surface area contributed by atoms with Gasteiger partial charge in [0.1, 0.15) is 5.71 Å². The first kappa shape index (κ1) is 16.0. The molecule has 1 aliphatic heterocycles. The van der Waals surface area contributed by atoms with Gasteiger partial charge in [-0.15, -0.1) is 0 Å². The Kier molecular flexibility index (Phi) is 3.97. The van der Waals surface area contributed by atoms with Crippen molar-refractivity contribution >= 4 is 39.7 Å². The van der Waals surface area contributed by atoms with Crippen LogP contribution in [0.5, 0.6) is 0 Å². The van der Waals surface area contributed by atoms with Gasteiger partial charge in [-0.05, 0) is 35.9 Å². The van der Waals surface area contributed by atoms with Crippen LogP contribution in [-0.2, 0) is 9.53 Å². The molecule has 0 bridgehead atoms. The standard InChI is InChI=1S/C21H16N2O3/c1-2-26-21(25)16-11-13-7-3-4-8-14(13)12-18(16)22-19-15-9-5-6-10-17(15)23-20(19)24/h3-12H,2H2,1H3,(H,22,23,24). The van der Waals surface area contributed by atoms with E-state index in [4.69, 9.17) is 4.74 Å². The molecular weight excluding hydrogens is 328 g/mol. The number of para-hydroxylation sites is 1. The molecule has 0 radical (unpaired) electrons. The van der Waals surface area contributed by atoms with Gasteiger partial charge in [0.15, 0.2) is 0 Å². The molecule has 0 unspecified atom stereocenters. The number of fused-ring (bicyclic) bond motifs is 2. The summed E-state index contributed by atoms with van der Waals surface area (Å²) in [6, 6.07) is 18.6. The van der Waals surface area contributed by atoms with E-state index in [9.17, 15) is 9.59 Å². The van der Waals surface area contributed by atoms with Gasteiger partial charge in [0.2, 0.25) is 0 Å². The molecule has 5 nitrogen and oxygen atoms in total. The molecule has 128 valence electrons. The third-order valence-electron chi connectivity index (χ3n) is 4.24. The molecule has 0 aliphatic carbocycles. The summed E-state index contributed by atoms with van der Waals surface area (Å²) in [5.74, 6) is -0.738. The minimum Gasteiger partial charge on any atom is -0.462 e. The molecule has 1 amide bonds. The van der Waals surface area contributed by atoms with E-state index in [1.807, 2.05) is 54.6 Å². The molecule has 0 aromatic heterocycles. The van der Waals surface area contributed by atoms with E-state index in [0.717, 1.165) is 22.0 Å². The quantitative estimate of drug-likeness (QED) is 0.728. The number of nitrogens with zero attached hydrogens (tertiary/aromatic N) is 1. The van der Waals surface area contributed by atoms with Crippen molar-refractivity contribution in [2.75, 3.05) is 11.9 Å². The van der Waals surface area contributed by atoms with Crippen molar-refractivity contribution in [1.82, 2.24) is 0 Å². The normalized spacial score (nSPS) is 14.3. The van der Waals surface area contributed by atoms with Crippen molar-refractivity contribution in [3.05, 3.63) is 71.8 Å². The van der Waals surface area contributed by atoms with Gasteiger partial charge >= 0.3 is 5.97 Å². The zero-order chi connectivity index (χ0) is 18.1. The predicted molar refractivity (Wildman–Crippen MR) is 101 cm³/mol. The molecule has 5 heteroatoms. The molecule has 1 heterocycles. The first-order chi connectivity index (χ1) is 12.7. The predicted octanol–water partition coefficient (Wildman–Crippen LogP) is 4.09. The van der Waals surface area contributed by atoms with E-state index in [1.54, 1.807) is 13.0 Å². The molecular formula is C21H16N2O3. The third-order valence-corrected chi connectivity index (χ3v) is 4.24. The van der Waals surface area contributed by atoms with Gasteiger partial charge < -0.3 is 10.1 Å². The van der Waals surface area contributed by atoms with Crippen molar-refractivity contribution in [2.24, 2.45) is 4.99 Å². The van der Waals surface area contributed by atoms with Gasteiger partial charge in [-0.25, -0.2) is 9.79 Å². The van der Waals surface area contributed by atoms with Gasteiger partial charge in [-0.1, -0.05) is 42.5 Å². The van der Waals surface area contributed by atoms with E-state index >= 15 is 0 Å². The Morgan fingerprint density at radius 3 is 2.50 bits per heavy atom. The summed E-state index contributed by atoms with van der Waals surface area (Å²) in [7, 11) is 0. The van der Waals surface area contributed by atoms with Crippen LogP contribution in [0, 0.1) is 0 Å². The zero-order valence-electron chi connectivity index (χ0n) is 14.2. The van der Waals surface area contributed by atoms with Crippen LogP contribution in [0.2, 0.25) is 0 Å². The molecule has 0 spiro atoms. The number of esters is 1. The fourth-order valence-electron chi connectivity index (χ4n) is 3.03. The third kappa shape index (κ3) is 2.73. The lowest BCUT2D eigenvalue weighted by molar-refractivity contribution is -0.110. The summed E-state index contributed by atoms with van der Waals surface area (Å²) >= 11 is 0. The molecule has 0 fully saturated rings. The maximum absolute atomic E-state index is 12.4. The summed E-state index contributed by atoms with van der Waals surface area (Å²) in [6.07, 6.45) is 0. The Labute approximate surface area is 150 Å². The highest BCUT2D eigenvalue weighted by Gasteiger charge is 2.26. The molecule has 1 aliphatic rings. The number of hydrogen-bond donors (Lipinski definition) is 1. The Bertz CT molecular complexity index is 1070. The molecule has 0 atom stereocenters. The highest BCUT2D eigenvalue weighted by Crippen LogP contribution is 2.30. The smallest absolute Gasteiger partial charge is 0.340 e. The Hall–Kier alpha value is -3.47. The van der Waals surface area contributed by atoms with E-state index in [0.29, 0.717) is 17.0 Å². The van der Waals surface area contributed by atoms with Gasteiger partial charge in [-0.3, -0.25) is 4.79 Å². The Morgan fingerprint density at radius 2 is 1.73 bits per heavy atom. The fraction of sp³-hybridized carbons (Fsp3) is 0.0952. The highest BCUT2D eigenvalue weighted by molar-refractivity contribution is 6.54. The molecule has 4 rings (SSSR count). The number of rotatable bonds is 3. The second-order valence-electron chi connectivity index (χ2n) is 5.90. The molecule has 0 saturated carbocycles. The van der Waals surface area contributed by atoms with Crippen LogP contribution in [0.25, 0.3) is 10.8 Å². The summed E-state index contributed by atoms with van der Waals surface area (Å²) in [4.78, 5) is 29.3. The van der Waals surface area contributed by atoms with Crippen LogP contribution in [0.1, 0.15) is 22.8 Å². The fourth-order valence-corrected chi connectivity index (χ4v) is 3.03. The summed E-state index contributed by atoms with van der Waals surface area (Å²) in [5.41, 5.74) is 2.50. The number of ether oxygens (including phenoxy) is 1. The largest absolute Gasteiger partial charge is 0.462 e. The number of aliphatic imine (C=N–C) groups is 1. The topological polar surface area (TPSA) is 67.8 Å². The van der Waals surface area contributed by atoms with Crippen molar-refractivity contribution in [2.45, 2.75) is 6.92 Å². The van der Waals surface area contributed by atoms with E-state index in [-0.39, 0.29) is 12.5 Å². The molecule has 26 heavy (non-hydrogen) atoms. The van der Waals surface area contributed by atoms with Crippen LogP contribution in [0.15, 0.2) is 65.7 Å². The van der Waals surface area contributed by atoms with Crippen LogP contribution >= 0.6 is 0 Å². The van der Waals surface area contributed by atoms with Crippen molar-refractivity contribution < 1.29 is 14.3 Å². The van der Waals surface area contributed by atoms with Crippen molar-refractivity contribution in [3.8, 4) is 0 Å². The Balaban J connectivity index is 1.91. The van der Waals surface area contributed by atoms with E-state index < -0.39 is 5.97 Å². The lowest BCUT2D eigenvalue weighted by Gasteiger charge is -2.08. The van der Waals surface area contributed by atoms with Crippen LogP contribution < -0.4 is 5.32 Å². The Morgan fingerprint density at radius 1 is 1.04 bits per heavy atom. The van der Waals surface area contributed by atoms with E-state index in [1.165, 1.54) is 0 Å². The van der Waals surface area contributed by atoms with Gasteiger partial charge in [0, 0.05) is 5.56 Å². The molecule has 3 aromatic carbocycles. The second kappa shape index (κ2) is 6.44. The molecule has 1 N–H and O–H groups in total. The number of hydrogen-bond acceptors (Lipinski definition) is 4. The summed E-state index contributed by atoms with van der Waals surface area (Å²) in [5, 5.41) is 4.64. The van der Waals surface area contributed by atoms with Crippen LogP contribution in [0.4, 0.5) is 11.4 Å². The SMILES string of the molecule is CCOC(=O)c1cc2ccccc2cc1N=C1C(=O)Nc2ccccc21. The van der Waals surface area contributed by atoms with Crippen molar-refractivity contribution in [1.29, 1.82) is 0 Å². The van der Waals surface area contributed by atoms with Gasteiger partial charge in [0.05, 0.1) is 23.5 Å². The number of nitrogens with one attached hydrogen (secondary N) is 1. The number of benzene rings is 3. The number of anilines is 1. The maximum Gasteiger partial charge on any atom is 0.340 e. The number of carbonyl (C=O) groups is 2. The minimum atomic E-state index is -0.454. The second-order valence-corrected chi connectivity index (χ2v) is 5.90. The monoisotopic (exact) mass is 344 g/mol. The first-order valence-corrected chi connectivity index (χ1v) is 8.36. The number of amides is 1. The average Bonchev–Trinajstić information content (AvgIpc) is 2.97. The first-order valence-electron chi connectivity index (χ1n) is 8.36. The highest BCUT2D eigenvalue weighted by atomic mass is 16.5. The molecule has 3 aromatic rings.